The maximum absolute atomic E-state index is 12.5. The quantitative estimate of drug-likeness (QED) is 0.0156. The fourth-order valence-electron chi connectivity index (χ4n) is 19.0. The zero-order valence-electron chi connectivity index (χ0n) is 89.4. The van der Waals surface area contributed by atoms with Crippen molar-refractivity contribution >= 4 is 107 Å². The van der Waals surface area contributed by atoms with Crippen molar-refractivity contribution in [3.8, 4) is 57.8 Å². The van der Waals surface area contributed by atoms with Gasteiger partial charge in [0, 0.05) is 86.4 Å². The van der Waals surface area contributed by atoms with Gasteiger partial charge < -0.3 is 41.7 Å². The summed E-state index contributed by atoms with van der Waals surface area (Å²) in [7, 11) is 0. The number of hydrogen-bond acceptors (Lipinski definition) is 18. The molecule has 17 rings (SSSR count). The van der Waals surface area contributed by atoms with Crippen LogP contribution in [0.25, 0.3) is 66.4 Å². The molecule has 0 aliphatic rings. The maximum Gasteiger partial charge on any atom is 0.312 e. The zero-order valence-corrected chi connectivity index (χ0v) is 89.4. The van der Waals surface area contributed by atoms with E-state index in [-0.39, 0.29) is 109 Å². The molecule has 0 saturated heterocycles. The molecule has 10 N–H and O–H groups in total. The Labute approximate surface area is 875 Å². The number of aryl methyl sites for hydroxylation is 17. The number of nitrogens with two attached hydrogens (primary N) is 1. The monoisotopic (exact) mass is 2010 g/mol. The van der Waals surface area contributed by atoms with Crippen LogP contribution in [0.2, 0.25) is 0 Å². The highest BCUT2D eigenvalue weighted by molar-refractivity contribution is 6.22. The normalized spacial score (nSPS) is 11.7. The fraction of sp³-hybridized carbons (Fsp3) is 0.258. The van der Waals surface area contributed by atoms with Crippen molar-refractivity contribution in [1.82, 2.24) is 33.4 Å². The number of carbonyl (C=O) groups is 5. The van der Waals surface area contributed by atoms with Gasteiger partial charge in [0.15, 0.2) is 28.8 Å². The molecule has 0 bridgehead atoms. The molecule has 0 unspecified atom stereocenters. The average Bonchev–Trinajstić information content (AvgIpc) is 1.59. The van der Waals surface area contributed by atoms with Crippen LogP contribution in [0, 0.1) is 104 Å². The molecule has 0 spiro atoms. The number of aromatic hydroxyl groups is 6. The molecule has 12 aromatic carbocycles. The molecule has 26 nitrogen and oxygen atoms in total. The molecule has 0 radical (unpaired) electrons. The predicted molar refractivity (Wildman–Crippen MR) is 606 cm³/mol. The third-order valence-corrected chi connectivity index (χ3v) is 26.0. The summed E-state index contributed by atoms with van der Waals surface area (Å²) in [4.78, 5) is 89.1. The Morgan fingerprint density at radius 3 is 1.15 bits per heavy atom. The summed E-state index contributed by atoms with van der Waals surface area (Å²) in [6.07, 6.45) is 3.09. The Balaban J connectivity index is 0.000000157. The number of nitrogens with zero attached hydrogens (tertiary/aromatic N) is 11. The second-order valence-corrected chi connectivity index (χ2v) is 39.0. The van der Waals surface area contributed by atoms with Gasteiger partial charge in [-0.15, -0.1) is 10.2 Å². The third kappa shape index (κ3) is 26.4. The van der Waals surface area contributed by atoms with Gasteiger partial charge in [0.25, 0.3) is 5.56 Å². The summed E-state index contributed by atoms with van der Waals surface area (Å²) in [6.45, 7) is 41.8. The Kier molecular flexibility index (Phi) is 35.9. The number of hydrogen-bond donors (Lipinski definition) is 9. The number of aliphatic imine (C=N–C) groups is 4. The highest BCUT2D eigenvalue weighted by atomic mass is 16.3. The number of amides is 2. The first-order chi connectivity index (χ1) is 71.5. The van der Waals surface area contributed by atoms with Crippen LogP contribution in [0.3, 0.4) is 0 Å². The molecule has 5 aromatic heterocycles. The zero-order chi connectivity index (χ0) is 108. The van der Waals surface area contributed by atoms with Crippen LogP contribution < -0.4 is 16.6 Å². The minimum atomic E-state index is -0.768. The van der Waals surface area contributed by atoms with Crippen LogP contribution in [-0.2, 0) is 45.0 Å². The van der Waals surface area contributed by atoms with E-state index >= 15 is 0 Å². The Morgan fingerprint density at radius 1 is 0.380 bits per heavy atom. The van der Waals surface area contributed by atoms with Gasteiger partial charge >= 0.3 is 6.03 Å². The SMILES string of the molecule is CC(=NCC(=O)Cc1ccc(O)cc1)c1c(O)n(-c2cc(C)cc(C)c2)c2cc(C)ccc12.CC(=O)CN=C(C)c1c(O)n(-c2cc(C)cc(C)c2)c2cc(C)ccc12.CCC(=O)CN=C(C)c1c(O)n(-c2cc(C)cc(C)c2)c2cc(C)ccc12.CCCn1[nH]c(C)c(N=Nc2cccc(CCc3c(C)cccc3C)c2O)c1=O.Cc1cc(C)cc(-n2c(O)c(C(=NCC(=O)CNC(N)=O)c3ccccc3)c3ccc(C)cc32)c1. The van der Waals surface area contributed by atoms with Gasteiger partial charge in [-0.2, -0.15) is 0 Å². The van der Waals surface area contributed by atoms with Crippen LogP contribution in [0.15, 0.2) is 272 Å². The number of nitrogens with one attached hydrogen (secondary N) is 2. The molecule has 26 heteroatoms. The lowest BCUT2D eigenvalue weighted by molar-refractivity contribution is -0.118. The topological polar surface area (TPSA) is 376 Å². The molecular weight excluding hydrogens is 1880 g/mol. The van der Waals surface area contributed by atoms with E-state index in [1.54, 1.807) is 37.3 Å². The van der Waals surface area contributed by atoms with E-state index in [4.69, 9.17) is 5.73 Å². The van der Waals surface area contributed by atoms with Crippen molar-refractivity contribution in [1.29, 1.82) is 0 Å². The number of azo groups is 1. The van der Waals surface area contributed by atoms with E-state index in [1.807, 2.05) is 243 Å². The van der Waals surface area contributed by atoms with Gasteiger partial charge in [0.1, 0.15) is 23.7 Å². The minimum Gasteiger partial charge on any atom is -0.508 e. The van der Waals surface area contributed by atoms with Gasteiger partial charge in [0.2, 0.25) is 23.5 Å². The molecule has 5 heterocycles. The standard InChI is InChI=1S/C28H28N4O3.C28H28N2O3.C23H28N4O2.C23H26N2O2.C22H24N2O2/c1-17-9-10-23-24(14-17)32(21-12-18(2)11-19(3)13-21)27(34)25(23)26(20-7-5-4-6-8-20)30-15-22(33)16-31-28(29)35;1-17-5-10-25-26(14-17)30(22-12-18(2)11-19(3)13-22)28(33)27(25)20(4)29-16-24(32)15-21-6-8-23(31)9-7-21;1-5-14-27-23(29)21(17(4)26-27)25-24-20-11-7-10-18(22(20)28)12-13-19-15(2)8-6-9-16(19)3;1-6-19(26)13-24-17(5)22-20-8-7-14(2)12-21(20)25(23(22)27)18-10-15(3)9-16(4)11-18;1-13-6-7-19-20(11-13)24(18-9-14(2)8-15(3)10-18)22(26)21(19)17(5)23-12-16(4)25/h4-14,34H,15-16H2,1-3H3,(H3,29,31,35);5-14,31,33H,15-16H2,1-4H3;6-11,26,28H,5,12-14H2,1-4H3;7-12,27H,6,13H2,1-5H3;6-11,26H,12H2,1-5H3. The number of Topliss-reactive ketones (excluding diaryl/α,β-unsaturated/α-hetero) is 4. The van der Waals surface area contributed by atoms with E-state index in [9.17, 15) is 59.4 Å². The van der Waals surface area contributed by atoms with Gasteiger partial charge in [-0.1, -0.05) is 159 Å². The largest absolute Gasteiger partial charge is 0.508 e. The molecule has 0 atom stereocenters. The molecule has 17 aromatic rings. The molecule has 150 heavy (non-hydrogen) atoms. The van der Waals surface area contributed by atoms with Crippen LogP contribution in [0.4, 0.5) is 16.2 Å². The number of phenolic OH excluding ortho intramolecular Hbond substituents is 2. The molecule has 0 aliphatic carbocycles. The van der Waals surface area contributed by atoms with Crippen LogP contribution in [-0.4, -0.2) is 143 Å². The van der Waals surface area contributed by atoms with Crippen molar-refractivity contribution in [2.75, 3.05) is 32.7 Å². The number of urea groups is 1. The number of para-hydroxylation sites is 1. The lowest BCUT2D eigenvalue weighted by Gasteiger charge is -2.11. The average molecular weight is 2010 g/mol. The number of benzene rings is 12. The Bertz CT molecular complexity index is 8130. The highest BCUT2D eigenvalue weighted by Crippen LogP contribution is 2.43. The second-order valence-electron chi connectivity index (χ2n) is 39.0. The first-order valence-corrected chi connectivity index (χ1v) is 50.3. The number of aromatic nitrogens is 6. The number of rotatable bonds is 29. The number of ketones is 4. The fourth-order valence-corrected chi connectivity index (χ4v) is 19.0. The minimum absolute atomic E-state index is 0.00210. The van der Waals surface area contributed by atoms with Crippen LogP contribution >= 0.6 is 0 Å². The van der Waals surface area contributed by atoms with Crippen molar-refractivity contribution in [2.24, 2.45) is 35.9 Å². The van der Waals surface area contributed by atoms with E-state index < -0.39 is 6.03 Å². The number of phenols is 2. The van der Waals surface area contributed by atoms with Gasteiger partial charge in [0.05, 0.1) is 81.9 Å². The Hall–Kier alpha value is -17.2. The predicted octanol–water partition coefficient (Wildman–Crippen LogP) is 25.1. The van der Waals surface area contributed by atoms with Crippen molar-refractivity contribution in [3.63, 3.8) is 0 Å². The molecule has 0 fully saturated rings. The lowest BCUT2D eigenvalue weighted by atomic mass is 9.96. The number of primary amides is 1. The van der Waals surface area contributed by atoms with Crippen LogP contribution in [0.5, 0.6) is 35.0 Å². The first kappa shape index (κ1) is 110. The molecular formula is C124H134N14O12. The van der Waals surface area contributed by atoms with Crippen molar-refractivity contribution in [3.05, 3.63) is 375 Å². The summed E-state index contributed by atoms with van der Waals surface area (Å²) in [5, 5.41) is 82.4. The number of fused-ring (bicyclic) bond motifs is 4. The molecule has 0 saturated carbocycles. The van der Waals surface area contributed by atoms with Gasteiger partial charge in [-0.05, 0) is 336 Å². The third-order valence-electron chi connectivity index (χ3n) is 26.0. The summed E-state index contributed by atoms with van der Waals surface area (Å²) >= 11 is 0. The highest BCUT2D eigenvalue weighted by Gasteiger charge is 2.29. The van der Waals surface area contributed by atoms with Gasteiger partial charge in [-0.25, -0.2) is 4.79 Å². The summed E-state index contributed by atoms with van der Waals surface area (Å²) in [6, 6.07) is 76.0. The number of carbonyl (C=O) groups excluding carboxylic acids is 5. The summed E-state index contributed by atoms with van der Waals surface area (Å²) < 4.78 is 8.95. The number of H-pyrrole nitrogens is 1. The van der Waals surface area contributed by atoms with Crippen molar-refractivity contribution < 1.29 is 54.6 Å². The van der Waals surface area contributed by atoms with E-state index in [0.717, 1.165) is 163 Å². The van der Waals surface area contributed by atoms with E-state index in [1.165, 1.54) is 28.3 Å². The maximum atomic E-state index is 12.5. The smallest absolute Gasteiger partial charge is 0.312 e. The molecule has 772 valence electrons. The Morgan fingerprint density at radius 2 is 0.760 bits per heavy atom. The molecule has 2 amide bonds. The molecule has 0 aliphatic heterocycles. The van der Waals surface area contributed by atoms with Crippen LogP contribution in [0.1, 0.15) is 182 Å². The van der Waals surface area contributed by atoms with Crippen molar-refractivity contribution in [2.45, 2.75) is 184 Å². The van der Waals surface area contributed by atoms with E-state index in [0.29, 0.717) is 75.9 Å². The second kappa shape index (κ2) is 48.9. The van der Waals surface area contributed by atoms with E-state index in [2.05, 4.69) is 153 Å². The lowest BCUT2D eigenvalue weighted by Crippen LogP contribution is -2.34. The first-order valence-electron chi connectivity index (χ1n) is 50.3. The number of aromatic amines is 1. The van der Waals surface area contributed by atoms with Gasteiger partial charge in [-0.3, -0.25) is 72.0 Å². The summed E-state index contributed by atoms with van der Waals surface area (Å²) in [5.74, 6) is 0.509. The summed E-state index contributed by atoms with van der Waals surface area (Å²) in [5.41, 5.74) is 37.9.